The first-order valence-electron chi connectivity index (χ1n) is 7.14. The molecule has 106 valence electrons. The fourth-order valence-electron chi connectivity index (χ4n) is 3.32. The molecule has 0 aliphatic heterocycles. The van der Waals surface area contributed by atoms with Crippen molar-refractivity contribution >= 4 is 5.69 Å². The molecule has 1 aliphatic carbocycles. The Bertz CT molecular complexity index is 841. The molecule has 0 radical (unpaired) electrons. The first kappa shape index (κ1) is 12.8. The fraction of sp³-hybridized carbons (Fsp3) is 0.0526. The summed E-state index contributed by atoms with van der Waals surface area (Å²) in [5.41, 5.74) is 5.67. The van der Waals surface area contributed by atoms with Gasteiger partial charge < -0.3 is 5.11 Å². The number of nitrogens with zero attached hydrogens (tertiary/aromatic N) is 1. The van der Waals surface area contributed by atoms with Crippen molar-refractivity contribution in [1.82, 2.24) is 0 Å². The quantitative estimate of drug-likeness (QED) is 0.530. The van der Waals surface area contributed by atoms with E-state index in [0.717, 1.165) is 16.7 Å². The summed E-state index contributed by atoms with van der Waals surface area (Å²) in [5, 5.41) is 13.3. The zero-order valence-corrected chi connectivity index (χ0v) is 11.7. The third kappa shape index (κ3) is 1.76. The molecule has 0 saturated heterocycles. The standard InChI is InChI=1S/C19H13NO2/c21-18-10-9-12(20-22)11-17(18)19-15-7-3-1-5-13(15)14-6-2-4-8-16(14)19/h1-11,19,21H. The summed E-state index contributed by atoms with van der Waals surface area (Å²) in [6.45, 7) is 0. The van der Waals surface area contributed by atoms with E-state index in [4.69, 9.17) is 0 Å². The van der Waals surface area contributed by atoms with Gasteiger partial charge >= 0.3 is 0 Å². The number of rotatable bonds is 2. The van der Waals surface area contributed by atoms with Crippen molar-refractivity contribution in [1.29, 1.82) is 0 Å². The minimum atomic E-state index is -0.0749. The minimum absolute atomic E-state index is 0.0749. The molecule has 0 unspecified atom stereocenters. The van der Waals surface area contributed by atoms with Crippen molar-refractivity contribution in [3.05, 3.63) is 88.3 Å². The van der Waals surface area contributed by atoms with Crippen molar-refractivity contribution in [2.45, 2.75) is 5.92 Å². The van der Waals surface area contributed by atoms with Crippen LogP contribution in [0.15, 0.2) is 71.9 Å². The maximum atomic E-state index is 10.8. The van der Waals surface area contributed by atoms with Crippen LogP contribution >= 0.6 is 0 Å². The Morgan fingerprint density at radius 3 is 1.95 bits per heavy atom. The molecule has 0 spiro atoms. The Balaban J connectivity index is 2.01. The molecule has 0 bridgehead atoms. The molecule has 3 aromatic carbocycles. The average Bonchev–Trinajstić information content (AvgIpc) is 2.90. The first-order valence-corrected chi connectivity index (χ1v) is 7.14. The SMILES string of the molecule is O=Nc1ccc(O)c(C2c3ccccc3-c3ccccc32)c1. The fourth-order valence-corrected chi connectivity index (χ4v) is 3.32. The Morgan fingerprint density at radius 2 is 1.36 bits per heavy atom. The predicted octanol–water partition coefficient (Wildman–Crippen LogP) is 4.95. The normalized spacial score (nSPS) is 12.7. The van der Waals surface area contributed by atoms with Gasteiger partial charge in [-0.05, 0) is 45.6 Å². The zero-order valence-electron chi connectivity index (χ0n) is 11.7. The van der Waals surface area contributed by atoms with Gasteiger partial charge in [0, 0.05) is 11.5 Å². The lowest BCUT2D eigenvalue weighted by molar-refractivity contribution is 0.467. The molecule has 3 aromatic rings. The number of aromatic hydroxyl groups is 1. The summed E-state index contributed by atoms with van der Waals surface area (Å²) in [7, 11) is 0. The van der Waals surface area contributed by atoms with Gasteiger partial charge in [-0.1, -0.05) is 48.5 Å². The number of hydrogen-bond acceptors (Lipinski definition) is 3. The van der Waals surface area contributed by atoms with Crippen LogP contribution in [0.5, 0.6) is 5.75 Å². The van der Waals surface area contributed by atoms with Crippen LogP contribution in [-0.4, -0.2) is 5.11 Å². The molecule has 22 heavy (non-hydrogen) atoms. The lowest BCUT2D eigenvalue weighted by Crippen LogP contribution is -1.99. The second kappa shape index (κ2) is 4.81. The van der Waals surface area contributed by atoms with Crippen LogP contribution in [0.3, 0.4) is 0 Å². The number of nitroso groups, excluding NO2 is 1. The first-order chi connectivity index (χ1) is 10.8. The van der Waals surface area contributed by atoms with Gasteiger partial charge in [-0.2, -0.15) is 0 Å². The summed E-state index contributed by atoms with van der Waals surface area (Å²) in [4.78, 5) is 10.8. The Morgan fingerprint density at radius 1 is 0.773 bits per heavy atom. The van der Waals surface area contributed by atoms with Crippen LogP contribution in [0.1, 0.15) is 22.6 Å². The second-order valence-corrected chi connectivity index (χ2v) is 5.44. The molecule has 0 amide bonds. The topological polar surface area (TPSA) is 49.7 Å². The molecular formula is C19H13NO2. The maximum absolute atomic E-state index is 10.8. The third-order valence-electron chi connectivity index (χ3n) is 4.26. The van der Waals surface area contributed by atoms with Gasteiger partial charge in [0.1, 0.15) is 11.4 Å². The van der Waals surface area contributed by atoms with E-state index in [1.807, 2.05) is 24.3 Å². The predicted molar refractivity (Wildman–Crippen MR) is 86.4 cm³/mol. The molecule has 0 atom stereocenters. The molecule has 0 aromatic heterocycles. The summed E-state index contributed by atoms with van der Waals surface area (Å²) in [6, 6.07) is 21.1. The van der Waals surface area contributed by atoms with E-state index in [2.05, 4.69) is 29.4 Å². The van der Waals surface area contributed by atoms with E-state index in [-0.39, 0.29) is 11.7 Å². The Kier molecular flexibility index (Phi) is 2.79. The number of phenolic OH excluding ortho intramolecular Hbond substituents is 1. The summed E-state index contributed by atoms with van der Waals surface area (Å²) < 4.78 is 0. The molecular weight excluding hydrogens is 274 g/mol. The van der Waals surface area contributed by atoms with Crippen molar-refractivity contribution in [3.8, 4) is 16.9 Å². The van der Waals surface area contributed by atoms with Crippen LogP contribution in [0.4, 0.5) is 5.69 Å². The van der Waals surface area contributed by atoms with E-state index in [9.17, 15) is 10.0 Å². The van der Waals surface area contributed by atoms with Crippen molar-refractivity contribution < 1.29 is 5.11 Å². The largest absolute Gasteiger partial charge is 0.508 e. The highest BCUT2D eigenvalue weighted by atomic mass is 16.3. The lowest BCUT2D eigenvalue weighted by Gasteiger charge is -2.16. The van der Waals surface area contributed by atoms with Gasteiger partial charge in [0.25, 0.3) is 0 Å². The maximum Gasteiger partial charge on any atom is 0.119 e. The summed E-state index contributed by atoms with van der Waals surface area (Å²) >= 11 is 0. The van der Waals surface area contributed by atoms with Gasteiger partial charge in [-0.25, -0.2) is 0 Å². The molecule has 1 aliphatic rings. The van der Waals surface area contributed by atoms with Gasteiger partial charge in [0.2, 0.25) is 0 Å². The molecule has 3 nitrogen and oxygen atoms in total. The van der Waals surface area contributed by atoms with E-state index in [1.165, 1.54) is 23.3 Å². The van der Waals surface area contributed by atoms with Crippen LogP contribution in [0.25, 0.3) is 11.1 Å². The number of benzene rings is 3. The third-order valence-corrected chi connectivity index (χ3v) is 4.26. The average molecular weight is 287 g/mol. The number of phenols is 1. The van der Waals surface area contributed by atoms with Crippen LogP contribution in [-0.2, 0) is 0 Å². The second-order valence-electron chi connectivity index (χ2n) is 5.44. The monoisotopic (exact) mass is 287 g/mol. The van der Waals surface area contributed by atoms with Crippen molar-refractivity contribution in [2.24, 2.45) is 5.18 Å². The van der Waals surface area contributed by atoms with E-state index in [0.29, 0.717) is 5.69 Å². The van der Waals surface area contributed by atoms with Crippen molar-refractivity contribution in [3.63, 3.8) is 0 Å². The molecule has 1 N–H and O–H groups in total. The zero-order chi connectivity index (χ0) is 15.1. The lowest BCUT2D eigenvalue weighted by atomic mass is 9.88. The minimum Gasteiger partial charge on any atom is -0.508 e. The summed E-state index contributed by atoms with van der Waals surface area (Å²) in [5.74, 6) is 0.109. The molecule has 0 heterocycles. The van der Waals surface area contributed by atoms with Crippen LogP contribution in [0, 0.1) is 4.91 Å². The van der Waals surface area contributed by atoms with E-state index < -0.39 is 0 Å². The molecule has 4 rings (SSSR count). The van der Waals surface area contributed by atoms with Crippen molar-refractivity contribution in [2.75, 3.05) is 0 Å². The number of hydrogen-bond donors (Lipinski definition) is 1. The summed E-state index contributed by atoms with van der Waals surface area (Å²) in [6.07, 6.45) is 0. The van der Waals surface area contributed by atoms with Crippen LogP contribution < -0.4 is 0 Å². The van der Waals surface area contributed by atoms with Crippen LogP contribution in [0.2, 0.25) is 0 Å². The van der Waals surface area contributed by atoms with E-state index in [1.54, 1.807) is 6.07 Å². The number of fused-ring (bicyclic) bond motifs is 3. The highest BCUT2D eigenvalue weighted by Crippen LogP contribution is 2.50. The molecule has 0 saturated carbocycles. The van der Waals surface area contributed by atoms with Gasteiger partial charge in [-0.15, -0.1) is 4.91 Å². The highest BCUT2D eigenvalue weighted by Gasteiger charge is 2.31. The Labute approximate surface area is 127 Å². The highest BCUT2D eigenvalue weighted by molar-refractivity contribution is 5.81. The van der Waals surface area contributed by atoms with Gasteiger partial charge in [-0.3, -0.25) is 0 Å². The van der Waals surface area contributed by atoms with Gasteiger partial charge in [0.15, 0.2) is 0 Å². The molecule has 3 heteroatoms. The van der Waals surface area contributed by atoms with E-state index >= 15 is 0 Å². The smallest absolute Gasteiger partial charge is 0.119 e. The Hall–Kier alpha value is -2.94. The molecule has 0 fully saturated rings. The van der Waals surface area contributed by atoms with Gasteiger partial charge in [0.05, 0.1) is 0 Å².